The number of nitrogens with zero attached hydrogens (tertiary/aromatic N) is 4. The topological polar surface area (TPSA) is 181 Å². The molecule has 1 N–H and O–H groups in total. The zero-order valence-corrected chi connectivity index (χ0v) is 14.4. The van der Waals surface area contributed by atoms with E-state index in [4.69, 9.17) is 26.2 Å². The Kier molecular flexibility index (Phi) is 7.18. The summed E-state index contributed by atoms with van der Waals surface area (Å²) in [5.41, 5.74) is -3.00. The van der Waals surface area contributed by atoms with Gasteiger partial charge in [0.25, 0.3) is 11.4 Å². The molecule has 0 amide bonds. The molecule has 0 aliphatic rings. The predicted octanol–water partition coefficient (Wildman–Crippen LogP) is 2.87. The summed E-state index contributed by atoms with van der Waals surface area (Å²) in [6.45, 7) is 0. The van der Waals surface area contributed by atoms with Crippen molar-refractivity contribution in [1.82, 2.24) is 4.98 Å². The first-order valence-corrected chi connectivity index (χ1v) is 7.04. The molecule has 0 saturated heterocycles. The number of hydrogen-bond acceptors (Lipinski definition) is 10. The van der Waals surface area contributed by atoms with Gasteiger partial charge in [0.05, 0.1) is 41.1 Å². The summed E-state index contributed by atoms with van der Waals surface area (Å²) in [5.74, 6) is -0.259. The highest BCUT2D eigenvalue weighted by atomic mass is 35.5. The van der Waals surface area contributed by atoms with E-state index < -0.39 is 37.6 Å². The minimum absolute atomic E-state index is 0.381. The second kappa shape index (κ2) is 9.10. The van der Waals surface area contributed by atoms with Crippen LogP contribution in [0, 0.1) is 30.3 Å². The molecule has 1 aromatic heterocycles. The van der Waals surface area contributed by atoms with Crippen molar-refractivity contribution in [2.24, 2.45) is 0 Å². The largest absolute Gasteiger partial charge is 0.497 e. The van der Waals surface area contributed by atoms with Gasteiger partial charge in [0, 0.05) is 12.3 Å². The zero-order valence-electron chi connectivity index (χ0n) is 13.7. The summed E-state index contributed by atoms with van der Waals surface area (Å²) >= 11 is 5.80. The molecule has 0 bridgehead atoms. The number of hydrogen-bond donors (Lipinski definition) is 1. The van der Waals surface area contributed by atoms with Crippen LogP contribution in [-0.2, 0) is 0 Å². The second-order valence-electron chi connectivity index (χ2n) is 4.44. The number of methoxy groups -OCH3 is 2. The first-order valence-electron chi connectivity index (χ1n) is 6.66. The molecule has 0 atom stereocenters. The van der Waals surface area contributed by atoms with Crippen molar-refractivity contribution in [3.8, 4) is 17.4 Å². The standard InChI is InChI=1S/C7H8ClNO2.C6H3N3O7/c1-10-5-3-4-9-7(11-2)6(5)8;10-6-4(8(13)14)1-3(7(11)12)2-5(6)9(15)16/h3-4H,1-2H3;1-2,10H. The van der Waals surface area contributed by atoms with Crippen molar-refractivity contribution in [3.63, 3.8) is 0 Å². The fraction of sp³-hybridized carbons (Fsp3) is 0.154. The summed E-state index contributed by atoms with van der Waals surface area (Å²) in [6, 6.07) is 2.56. The average molecular weight is 403 g/mol. The quantitative estimate of drug-likeness (QED) is 0.576. The fourth-order valence-corrected chi connectivity index (χ4v) is 1.95. The highest BCUT2D eigenvalue weighted by molar-refractivity contribution is 6.33. The number of phenolic OH excluding ortho intramolecular Hbond substituents is 1. The molecule has 2 rings (SSSR count). The number of benzene rings is 1. The summed E-state index contributed by atoms with van der Waals surface area (Å²) in [4.78, 5) is 31.6. The molecule has 2 aromatic rings. The molecule has 144 valence electrons. The van der Waals surface area contributed by atoms with E-state index in [1.54, 1.807) is 19.4 Å². The van der Waals surface area contributed by atoms with Gasteiger partial charge in [-0.3, -0.25) is 30.3 Å². The van der Waals surface area contributed by atoms with Crippen molar-refractivity contribution in [2.75, 3.05) is 14.2 Å². The first-order chi connectivity index (χ1) is 12.6. The number of non-ortho nitro benzene ring substituents is 1. The Morgan fingerprint density at radius 3 is 1.89 bits per heavy atom. The van der Waals surface area contributed by atoms with Crippen LogP contribution in [-0.4, -0.2) is 39.1 Å². The van der Waals surface area contributed by atoms with Crippen LogP contribution in [0.4, 0.5) is 17.1 Å². The predicted molar refractivity (Wildman–Crippen MR) is 90.4 cm³/mol. The maximum Gasteiger partial charge on any atom is 0.324 e. The van der Waals surface area contributed by atoms with E-state index in [0.717, 1.165) is 0 Å². The lowest BCUT2D eigenvalue weighted by Gasteiger charge is -2.04. The van der Waals surface area contributed by atoms with E-state index in [2.05, 4.69) is 4.98 Å². The van der Waals surface area contributed by atoms with Crippen LogP contribution in [0.15, 0.2) is 24.4 Å². The van der Waals surface area contributed by atoms with Gasteiger partial charge >= 0.3 is 11.4 Å². The Morgan fingerprint density at radius 2 is 1.52 bits per heavy atom. The highest BCUT2D eigenvalue weighted by Crippen LogP contribution is 2.39. The maximum absolute atomic E-state index is 10.4. The van der Waals surface area contributed by atoms with Crippen LogP contribution >= 0.6 is 11.6 Å². The van der Waals surface area contributed by atoms with Crippen molar-refractivity contribution in [1.29, 1.82) is 0 Å². The third-order valence-electron chi connectivity index (χ3n) is 2.89. The molecule has 0 fully saturated rings. The number of pyridine rings is 1. The lowest BCUT2D eigenvalue weighted by molar-refractivity contribution is -0.404. The monoisotopic (exact) mass is 402 g/mol. The summed E-state index contributed by atoms with van der Waals surface area (Å²) in [6.07, 6.45) is 1.57. The Bertz CT molecular complexity index is 833. The molecule has 0 saturated carbocycles. The van der Waals surface area contributed by atoms with E-state index >= 15 is 0 Å². The Morgan fingerprint density at radius 1 is 1.00 bits per heavy atom. The van der Waals surface area contributed by atoms with E-state index in [0.29, 0.717) is 28.8 Å². The van der Waals surface area contributed by atoms with Gasteiger partial charge in [-0.25, -0.2) is 4.98 Å². The summed E-state index contributed by atoms with van der Waals surface area (Å²) < 4.78 is 9.80. The molecule has 0 radical (unpaired) electrons. The van der Waals surface area contributed by atoms with Gasteiger partial charge in [-0.2, -0.15) is 0 Å². The van der Waals surface area contributed by atoms with Crippen LogP contribution in [0.1, 0.15) is 0 Å². The highest BCUT2D eigenvalue weighted by Gasteiger charge is 2.30. The van der Waals surface area contributed by atoms with Gasteiger partial charge in [-0.15, -0.1) is 0 Å². The van der Waals surface area contributed by atoms with Crippen LogP contribution in [0.2, 0.25) is 5.02 Å². The Labute approximate surface area is 155 Å². The second-order valence-corrected chi connectivity index (χ2v) is 4.82. The molecule has 0 spiro atoms. The molecule has 13 nitrogen and oxygen atoms in total. The minimum atomic E-state index is -1.21. The number of aromatic nitrogens is 1. The number of aromatic hydroxyl groups is 1. The number of phenols is 1. The first kappa shape index (κ1) is 21.3. The van der Waals surface area contributed by atoms with Crippen LogP contribution < -0.4 is 9.47 Å². The summed E-state index contributed by atoms with van der Waals surface area (Å²) in [7, 11) is 3.05. The van der Waals surface area contributed by atoms with Crippen molar-refractivity contribution in [2.45, 2.75) is 0 Å². The zero-order chi connectivity index (χ0) is 20.7. The molecule has 0 aliphatic heterocycles. The Hall–Kier alpha value is -3.74. The van der Waals surface area contributed by atoms with Crippen molar-refractivity contribution >= 4 is 28.7 Å². The lowest BCUT2D eigenvalue weighted by atomic mass is 10.2. The van der Waals surface area contributed by atoms with E-state index in [-0.39, 0.29) is 0 Å². The molecular weight excluding hydrogens is 392 g/mol. The minimum Gasteiger partial charge on any atom is -0.497 e. The van der Waals surface area contributed by atoms with Gasteiger partial charge in [-0.05, 0) is 0 Å². The molecule has 27 heavy (non-hydrogen) atoms. The van der Waals surface area contributed by atoms with Gasteiger partial charge in [0.15, 0.2) is 0 Å². The van der Waals surface area contributed by atoms with E-state index in [1.807, 2.05) is 0 Å². The van der Waals surface area contributed by atoms with Crippen LogP contribution in [0.5, 0.6) is 17.4 Å². The number of ether oxygens (including phenoxy) is 2. The number of nitro groups is 3. The number of rotatable bonds is 5. The molecule has 0 unspecified atom stereocenters. The van der Waals surface area contributed by atoms with Gasteiger partial charge in [-0.1, -0.05) is 11.6 Å². The number of halogens is 1. The van der Waals surface area contributed by atoms with Crippen molar-refractivity contribution < 1.29 is 29.4 Å². The molecular formula is C13H11ClN4O9. The smallest absolute Gasteiger partial charge is 0.324 e. The van der Waals surface area contributed by atoms with Gasteiger partial charge in [0.1, 0.15) is 10.8 Å². The van der Waals surface area contributed by atoms with Gasteiger partial charge < -0.3 is 14.6 Å². The van der Waals surface area contributed by atoms with E-state index in [1.165, 1.54) is 7.11 Å². The van der Waals surface area contributed by atoms with Crippen LogP contribution in [0.3, 0.4) is 0 Å². The summed E-state index contributed by atoms with van der Waals surface area (Å²) in [5, 5.41) is 40.6. The van der Waals surface area contributed by atoms with E-state index in [9.17, 15) is 30.3 Å². The molecule has 1 heterocycles. The molecule has 1 aromatic carbocycles. The third kappa shape index (κ3) is 5.12. The number of nitro benzene ring substituents is 3. The van der Waals surface area contributed by atoms with Gasteiger partial charge in [0.2, 0.25) is 5.88 Å². The van der Waals surface area contributed by atoms with Crippen molar-refractivity contribution in [3.05, 3.63) is 59.8 Å². The lowest BCUT2D eigenvalue weighted by Crippen LogP contribution is -1.97. The normalized spacial score (nSPS) is 9.59. The maximum atomic E-state index is 10.4. The molecule has 14 heteroatoms. The SMILES string of the molecule is COc1ccnc(OC)c1Cl.O=[N+]([O-])c1cc([N+](=O)[O-])c(O)c([N+](=O)[O-])c1. The van der Waals surface area contributed by atoms with Crippen LogP contribution in [0.25, 0.3) is 0 Å². The Balaban J connectivity index is 0.000000289. The average Bonchev–Trinajstić information content (AvgIpc) is 2.61. The fourth-order valence-electron chi connectivity index (χ4n) is 1.68. The molecule has 0 aliphatic carbocycles. The third-order valence-corrected chi connectivity index (χ3v) is 3.24.